The predicted octanol–water partition coefficient (Wildman–Crippen LogP) is 3.88. The summed E-state index contributed by atoms with van der Waals surface area (Å²) in [7, 11) is 2.89. The van der Waals surface area contributed by atoms with Gasteiger partial charge in [-0.05, 0) is 41.0 Å². The lowest BCUT2D eigenvalue weighted by molar-refractivity contribution is -0.142. The van der Waals surface area contributed by atoms with E-state index in [2.05, 4.69) is 5.32 Å². The molecule has 3 rings (SSSR count). The van der Waals surface area contributed by atoms with Crippen LogP contribution in [0.2, 0.25) is 0 Å². The van der Waals surface area contributed by atoms with Gasteiger partial charge in [0.15, 0.2) is 0 Å². The first-order valence-corrected chi connectivity index (χ1v) is 9.28. The minimum Gasteiger partial charge on any atom is -0.497 e. The van der Waals surface area contributed by atoms with Gasteiger partial charge < -0.3 is 14.8 Å². The molecule has 0 unspecified atom stereocenters. The van der Waals surface area contributed by atoms with Crippen molar-refractivity contribution in [1.29, 1.82) is 0 Å². The summed E-state index contributed by atoms with van der Waals surface area (Å²) in [6.45, 7) is 0. The maximum Gasteiger partial charge on any atom is 0.328 e. The second-order valence-corrected chi connectivity index (χ2v) is 6.55. The van der Waals surface area contributed by atoms with E-state index < -0.39 is 12.0 Å². The van der Waals surface area contributed by atoms with Crippen molar-refractivity contribution in [3.63, 3.8) is 0 Å². The van der Waals surface area contributed by atoms with E-state index in [1.54, 1.807) is 19.2 Å². The van der Waals surface area contributed by atoms with Gasteiger partial charge in [0.2, 0.25) is 0 Å². The minimum atomic E-state index is -0.798. The number of hydrogen-bond acceptors (Lipinski definition) is 4. The second-order valence-electron chi connectivity index (χ2n) is 6.55. The SMILES string of the molecule is COC(=O)[C@H](Cc1cccc(OC)c1)NC(=O)c1ccc(-c2ccccc2)cc1. The number of benzene rings is 3. The Labute approximate surface area is 170 Å². The Morgan fingerprint density at radius 3 is 2.21 bits per heavy atom. The van der Waals surface area contributed by atoms with E-state index in [9.17, 15) is 9.59 Å². The smallest absolute Gasteiger partial charge is 0.328 e. The summed E-state index contributed by atoms with van der Waals surface area (Å²) < 4.78 is 10.1. The molecule has 3 aromatic rings. The van der Waals surface area contributed by atoms with Crippen LogP contribution >= 0.6 is 0 Å². The molecule has 0 aliphatic heterocycles. The molecule has 5 nitrogen and oxygen atoms in total. The van der Waals surface area contributed by atoms with Crippen LogP contribution in [-0.4, -0.2) is 32.1 Å². The zero-order chi connectivity index (χ0) is 20.6. The molecule has 1 atom stereocenters. The summed E-state index contributed by atoms with van der Waals surface area (Å²) in [5.41, 5.74) is 3.43. The molecule has 0 heterocycles. The summed E-state index contributed by atoms with van der Waals surface area (Å²) in [5.74, 6) is -0.140. The van der Waals surface area contributed by atoms with Gasteiger partial charge in [-0.15, -0.1) is 0 Å². The van der Waals surface area contributed by atoms with Crippen LogP contribution in [0, 0.1) is 0 Å². The van der Waals surface area contributed by atoms with Crippen LogP contribution in [0.5, 0.6) is 5.75 Å². The van der Waals surface area contributed by atoms with Crippen LogP contribution in [-0.2, 0) is 16.0 Å². The Morgan fingerprint density at radius 2 is 1.55 bits per heavy atom. The second kappa shape index (κ2) is 9.55. The number of amides is 1. The van der Waals surface area contributed by atoms with Crippen LogP contribution in [0.3, 0.4) is 0 Å². The van der Waals surface area contributed by atoms with Gasteiger partial charge in [-0.3, -0.25) is 4.79 Å². The van der Waals surface area contributed by atoms with Gasteiger partial charge in [0.1, 0.15) is 11.8 Å². The highest BCUT2D eigenvalue weighted by atomic mass is 16.5. The Bertz CT molecular complexity index is 968. The molecule has 1 N–H and O–H groups in total. The summed E-state index contributed by atoms with van der Waals surface area (Å²) in [6.07, 6.45) is 0.303. The molecule has 0 spiro atoms. The quantitative estimate of drug-likeness (QED) is 0.623. The van der Waals surface area contributed by atoms with Crippen molar-refractivity contribution in [3.8, 4) is 16.9 Å². The molecule has 0 aromatic heterocycles. The molecular weight excluding hydrogens is 366 g/mol. The number of methoxy groups -OCH3 is 2. The lowest BCUT2D eigenvalue weighted by Gasteiger charge is -2.17. The lowest BCUT2D eigenvalue weighted by atomic mass is 10.0. The zero-order valence-electron chi connectivity index (χ0n) is 16.4. The van der Waals surface area contributed by atoms with E-state index in [1.807, 2.05) is 66.7 Å². The molecule has 0 fully saturated rings. The average Bonchev–Trinajstić information content (AvgIpc) is 2.79. The van der Waals surface area contributed by atoms with E-state index in [4.69, 9.17) is 9.47 Å². The van der Waals surface area contributed by atoms with Gasteiger partial charge in [-0.25, -0.2) is 4.79 Å². The fourth-order valence-corrected chi connectivity index (χ4v) is 3.06. The first-order valence-electron chi connectivity index (χ1n) is 9.28. The van der Waals surface area contributed by atoms with Crippen LogP contribution in [0.25, 0.3) is 11.1 Å². The van der Waals surface area contributed by atoms with Gasteiger partial charge >= 0.3 is 5.97 Å². The van der Waals surface area contributed by atoms with Gasteiger partial charge in [-0.2, -0.15) is 0 Å². The normalized spacial score (nSPS) is 11.4. The van der Waals surface area contributed by atoms with Gasteiger partial charge in [0.05, 0.1) is 14.2 Å². The van der Waals surface area contributed by atoms with Crippen LogP contribution in [0.1, 0.15) is 15.9 Å². The Hall–Kier alpha value is -3.60. The number of ether oxygens (including phenoxy) is 2. The number of hydrogen-bond donors (Lipinski definition) is 1. The van der Waals surface area contributed by atoms with Crippen molar-refractivity contribution in [2.75, 3.05) is 14.2 Å². The van der Waals surface area contributed by atoms with Crippen molar-refractivity contribution in [2.24, 2.45) is 0 Å². The number of carbonyl (C=O) groups excluding carboxylic acids is 2. The highest BCUT2D eigenvalue weighted by Crippen LogP contribution is 2.19. The highest BCUT2D eigenvalue weighted by Gasteiger charge is 2.23. The molecular formula is C24H23NO4. The molecule has 148 valence electrons. The number of esters is 1. The standard InChI is InChI=1S/C24H23NO4/c1-28-21-10-6-7-17(15-21)16-22(24(27)29-2)25-23(26)20-13-11-19(12-14-20)18-8-4-3-5-9-18/h3-15,22H,16H2,1-2H3,(H,25,26)/t22-/m0/s1. The van der Waals surface area contributed by atoms with Gasteiger partial charge in [0.25, 0.3) is 5.91 Å². The van der Waals surface area contributed by atoms with Gasteiger partial charge in [-0.1, -0.05) is 54.6 Å². The number of rotatable bonds is 7. The van der Waals surface area contributed by atoms with Crippen molar-refractivity contribution >= 4 is 11.9 Å². The van der Waals surface area contributed by atoms with Crippen LogP contribution < -0.4 is 10.1 Å². The maximum absolute atomic E-state index is 12.7. The number of carbonyl (C=O) groups is 2. The summed E-state index contributed by atoms with van der Waals surface area (Å²) in [5, 5.41) is 2.77. The van der Waals surface area contributed by atoms with Crippen LogP contribution in [0.4, 0.5) is 0 Å². The van der Waals surface area contributed by atoms with Crippen molar-refractivity contribution in [3.05, 3.63) is 90.0 Å². The van der Waals surface area contributed by atoms with E-state index in [0.29, 0.717) is 17.7 Å². The highest BCUT2D eigenvalue weighted by molar-refractivity contribution is 5.97. The topological polar surface area (TPSA) is 64.6 Å². The molecule has 0 bridgehead atoms. The average molecular weight is 389 g/mol. The number of nitrogens with one attached hydrogen (secondary N) is 1. The summed E-state index contributed by atoms with van der Waals surface area (Å²) >= 11 is 0. The molecule has 0 saturated carbocycles. The monoisotopic (exact) mass is 389 g/mol. The first-order chi connectivity index (χ1) is 14.1. The van der Waals surface area contributed by atoms with E-state index in [0.717, 1.165) is 16.7 Å². The minimum absolute atomic E-state index is 0.303. The van der Waals surface area contributed by atoms with E-state index >= 15 is 0 Å². The Balaban J connectivity index is 1.73. The van der Waals surface area contributed by atoms with Crippen molar-refractivity contribution < 1.29 is 19.1 Å². The zero-order valence-corrected chi connectivity index (χ0v) is 16.4. The first kappa shape index (κ1) is 20.1. The Morgan fingerprint density at radius 1 is 0.862 bits per heavy atom. The molecule has 1 amide bonds. The Kier molecular flexibility index (Phi) is 6.63. The molecule has 0 aliphatic rings. The third-order valence-corrected chi connectivity index (χ3v) is 4.62. The molecule has 29 heavy (non-hydrogen) atoms. The summed E-state index contributed by atoms with van der Waals surface area (Å²) in [6, 6.07) is 23.8. The third-order valence-electron chi connectivity index (χ3n) is 4.62. The molecule has 0 saturated heterocycles. The fourth-order valence-electron chi connectivity index (χ4n) is 3.06. The summed E-state index contributed by atoms with van der Waals surface area (Å²) in [4.78, 5) is 24.9. The third kappa shape index (κ3) is 5.23. The van der Waals surface area contributed by atoms with E-state index in [1.165, 1.54) is 7.11 Å². The van der Waals surface area contributed by atoms with Crippen molar-refractivity contribution in [1.82, 2.24) is 5.32 Å². The fraction of sp³-hybridized carbons (Fsp3) is 0.167. The van der Waals surface area contributed by atoms with Crippen LogP contribution in [0.15, 0.2) is 78.9 Å². The molecule has 3 aromatic carbocycles. The molecule has 0 aliphatic carbocycles. The maximum atomic E-state index is 12.7. The van der Waals surface area contributed by atoms with E-state index in [-0.39, 0.29) is 5.91 Å². The largest absolute Gasteiger partial charge is 0.497 e. The molecule has 5 heteroatoms. The van der Waals surface area contributed by atoms with Gasteiger partial charge in [0, 0.05) is 12.0 Å². The predicted molar refractivity (Wildman–Crippen MR) is 112 cm³/mol. The lowest BCUT2D eigenvalue weighted by Crippen LogP contribution is -2.43. The molecule has 0 radical (unpaired) electrons. The van der Waals surface area contributed by atoms with Crippen molar-refractivity contribution in [2.45, 2.75) is 12.5 Å².